The van der Waals surface area contributed by atoms with Crippen LogP contribution in [-0.4, -0.2) is 60.3 Å². The molecule has 1 aromatic heterocycles. The molecular formula is C13H22BrN5O. The Balaban J connectivity index is 1.92. The average Bonchev–Trinajstić information content (AvgIpc) is 2.44. The molecule has 0 aliphatic carbocycles. The van der Waals surface area contributed by atoms with Crippen molar-refractivity contribution >= 4 is 27.7 Å². The van der Waals surface area contributed by atoms with E-state index in [1.54, 1.807) is 6.20 Å². The summed E-state index contributed by atoms with van der Waals surface area (Å²) in [5.41, 5.74) is 0. The number of nitrogens with one attached hydrogen (secondary N) is 2. The van der Waals surface area contributed by atoms with E-state index < -0.39 is 0 Å². The van der Waals surface area contributed by atoms with Crippen molar-refractivity contribution in [1.82, 2.24) is 14.9 Å². The predicted molar refractivity (Wildman–Crippen MR) is 84.2 cm³/mol. The number of hydrogen-bond acceptors (Lipinski definition) is 6. The first-order valence-corrected chi connectivity index (χ1v) is 7.81. The number of anilines is 2. The van der Waals surface area contributed by atoms with Gasteiger partial charge in [0.2, 0.25) is 5.95 Å². The van der Waals surface area contributed by atoms with Crippen LogP contribution >= 0.6 is 15.9 Å². The monoisotopic (exact) mass is 343 g/mol. The number of hydrogen-bond donors (Lipinski definition) is 2. The van der Waals surface area contributed by atoms with Gasteiger partial charge in [0, 0.05) is 38.4 Å². The topological polar surface area (TPSA) is 62.3 Å². The standard InChI is InChI=1S/C13H22BrN5O/c1-3-15-13-16-8-11(14)12(18-13)17-10(2)9-19-4-6-20-7-5-19/h8,10H,3-7,9H2,1-2H3,(H2,15,16,17,18). The summed E-state index contributed by atoms with van der Waals surface area (Å²) >= 11 is 3.49. The summed E-state index contributed by atoms with van der Waals surface area (Å²) in [5.74, 6) is 1.48. The molecular weight excluding hydrogens is 322 g/mol. The summed E-state index contributed by atoms with van der Waals surface area (Å²) in [6, 6.07) is 0.314. The fourth-order valence-corrected chi connectivity index (χ4v) is 2.47. The SMILES string of the molecule is CCNc1ncc(Br)c(NC(C)CN2CCOCC2)n1. The summed E-state index contributed by atoms with van der Waals surface area (Å²) in [6.07, 6.45) is 1.77. The lowest BCUT2D eigenvalue weighted by molar-refractivity contribution is 0.0368. The molecule has 0 amide bonds. The third kappa shape index (κ3) is 4.57. The van der Waals surface area contributed by atoms with Crippen molar-refractivity contribution < 1.29 is 4.74 Å². The molecule has 1 aliphatic rings. The Morgan fingerprint density at radius 1 is 1.45 bits per heavy atom. The molecule has 0 aromatic carbocycles. The minimum atomic E-state index is 0.314. The fourth-order valence-electron chi connectivity index (χ4n) is 2.16. The molecule has 0 bridgehead atoms. The van der Waals surface area contributed by atoms with E-state index in [4.69, 9.17) is 4.74 Å². The Bertz CT molecular complexity index is 425. The van der Waals surface area contributed by atoms with Crippen molar-refractivity contribution in [1.29, 1.82) is 0 Å². The highest BCUT2D eigenvalue weighted by molar-refractivity contribution is 9.10. The summed E-state index contributed by atoms with van der Waals surface area (Å²) in [5, 5.41) is 6.56. The average molecular weight is 344 g/mol. The van der Waals surface area contributed by atoms with Crippen LogP contribution in [-0.2, 0) is 4.74 Å². The van der Waals surface area contributed by atoms with Crippen LogP contribution in [0.15, 0.2) is 10.7 Å². The van der Waals surface area contributed by atoms with Crippen LogP contribution in [0, 0.1) is 0 Å². The molecule has 2 heterocycles. The molecule has 1 aromatic rings. The van der Waals surface area contributed by atoms with E-state index in [0.29, 0.717) is 12.0 Å². The molecule has 1 saturated heterocycles. The van der Waals surface area contributed by atoms with E-state index in [1.807, 2.05) is 6.92 Å². The van der Waals surface area contributed by atoms with Crippen LogP contribution in [0.3, 0.4) is 0 Å². The Hall–Kier alpha value is -0.920. The van der Waals surface area contributed by atoms with Crippen LogP contribution < -0.4 is 10.6 Å². The highest BCUT2D eigenvalue weighted by Gasteiger charge is 2.15. The molecule has 112 valence electrons. The second-order valence-electron chi connectivity index (χ2n) is 4.88. The van der Waals surface area contributed by atoms with Gasteiger partial charge in [0.15, 0.2) is 0 Å². The van der Waals surface area contributed by atoms with E-state index in [2.05, 4.69) is 48.4 Å². The van der Waals surface area contributed by atoms with Crippen molar-refractivity contribution in [3.63, 3.8) is 0 Å². The summed E-state index contributed by atoms with van der Waals surface area (Å²) in [6.45, 7) is 9.64. The highest BCUT2D eigenvalue weighted by atomic mass is 79.9. The number of aromatic nitrogens is 2. The van der Waals surface area contributed by atoms with Crippen molar-refractivity contribution in [2.24, 2.45) is 0 Å². The lowest BCUT2D eigenvalue weighted by atomic mass is 10.3. The first-order chi connectivity index (χ1) is 9.69. The maximum absolute atomic E-state index is 5.36. The molecule has 2 N–H and O–H groups in total. The fraction of sp³-hybridized carbons (Fsp3) is 0.692. The second-order valence-corrected chi connectivity index (χ2v) is 5.73. The van der Waals surface area contributed by atoms with Crippen molar-refractivity contribution in [3.05, 3.63) is 10.7 Å². The normalized spacial score (nSPS) is 17.8. The van der Waals surface area contributed by atoms with E-state index >= 15 is 0 Å². The smallest absolute Gasteiger partial charge is 0.224 e. The van der Waals surface area contributed by atoms with Gasteiger partial charge in [-0.2, -0.15) is 4.98 Å². The number of halogens is 1. The maximum atomic E-state index is 5.36. The molecule has 6 nitrogen and oxygen atoms in total. The molecule has 20 heavy (non-hydrogen) atoms. The zero-order valence-corrected chi connectivity index (χ0v) is 13.6. The molecule has 2 rings (SSSR count). The minimum absolute atomic E-state index is 0.314. The lowest BCUT2D eigenvalue weighted by Crippen LogP contribution is -2.42. The maximum Gasteiger partial charge on any atom is 0.224 e. The van der Waals surface area contributed by atoms with Crippen LogP contribution in [0.2, 0.25) is 0 Å². The van der Waals surface area contributed by atoms with Crippen molar-refractivity contribution in [2.75, 3.05) is 50.0 Å². The summed E-state index contributed by atoms with van der Waals surface area (Å²) < 4.78 is 6.25. The van der Waals surface area contributed by atoms with Gasteiger partial charge in [-0.1, -0.05) is 0 Å². The van der Waals surface area contributed by atoms with Gasteiger partial charge in [-0.3, -0.25) is 4.90 Å². The molecule has 0 saturated carbocycles. The number of rotatable bonds is 6. The molecule has 7 heteroatoms. The molecule has 1 unspecified atom stereocenters. The zero-order chi connectivity index (χ0) is 14.4. The van der Waals surface area contributed by atoms with Gasteiger partial charge in [0.25, 0.3) is 0 Å². The second kappa shape index (κ2) is 7.75. The minimum Gasteiger partial charge on any atom is -0.379 e. The summed E-state index contributed by atoms with van der Waals surface area (Å²) in [7, 11) is 0. The highest BCUT2D eigenvalue weighted by Crippen LogP contribution is 2.21. The summed E-state index contributed by atoms with van der Waals surface area (Å²) in [4.78, 5) is 11.1. The molecule has 0 radical (unpaired) electrons. The third-order valence-corrected chi connectivity index (χ3v) is 3.68. The van der Waals surface area contributed by atoms with Crippen LogP contribution in [0.1, 0.15) is 13.8 Å². The Labute approximate surface area is 128 Å². The van der Waals surface area contributed by atoms with Gasteiger partial charge in [0.1, 0.15) is 5.82 Å². The Morgan fingerprint density at radius 2 is 2.20 bits per heavy atom. The number of morpholine rings is 1. The van der Waals surface area contributed by atoms with Crippen LogP contribution in [0.4, 0.5) is 11.8 Å². The first-order valence-electron chi connectivity index (χ1n) is 7.02. The van der Waals surface area contributed by atoms with E-state index in [9.17, 15) is 0 Å². The zero-order valence-electron chi connectivity index (χ0n) is 12.0. The van der Waals surface area contributed by atoms with Crippen molar-refractivity contribution in [3.8, 4) is 0 Å². The van der Waals surface area contributed by atoms with E-state index in [0.717, 1.165) is 49.7 Å². The van der Waals surface area contributed by atoms with Gasteiger partial charge in [-0.25, -0.2) is 4.98 Å². The van der Waals surface area contributed by atoms with E-state index in [1.165, 1.54) is 0 Å². The van der Waals surface area contributed by atoms with E-state index in [-0.39, 0.29) is 0 Å². The predicted octanol–water partition coefficient (Wildman–Crippen LogP) is 1.80. The van der Waals surface area contributed by atoms with Gasteiger partial charge < -0.3 is 15.4 Å². The van der Waals surface area contributed by atoms with Gasteiger partial charge >= 0.3 is 0 Å². The lowest BCUT2D eigenvalue weighted by Gasteiger charge is -2.29. The molecule has 0 spiro atoms. The Morgan fingerprint density at radius 3 is 2.90 bits per heavy atom. The quantitative estimate of drug-likeness (QED) is 0.821. The molecule has 1 atom stereocenters. The third-order valence-electron chi connectivity index (χ3n) is 3.10. The number of ether oxygens (including phenoxy) is 1. The van der Waals surface area contributed by atoms with Gasteiger partial charge in [0.05, 0.1) is 17.7 Å². The number of nitrogens with zero attached hydrogens (tertiary/aromatic N) is 3. The van der Waals surface area contributed by atoms with Crippen LogP contribution in [0.5, 0.6) is 0 Å². The molecule has 1 aliphatic heterocycles. The largest absolute Gasteiger partial charge is 0.379 e. The molecule has 1 fully saturated rings. The first kappa shape index (κ1) is 15.5. The van der Waals surface area contributed by atoms with Crippen molar-refractivity contribution in [2.45, 2.75) is 19.9 Å². The van der Waals surface area contributed by atoms with Gasteiger partial charge in [-0.05, 0) is 29.8 Å². The Kier molecular flexibility index (Phi) is 6.00. The van der Waals surface area contributed by atoms with Gasteiger partial charge in [-0.15, -0.1) is 0 Å². The van der Waals surface area contributed by atoms with Crippen LogP contribution in [0.25, 0.3) is 0 Å².